The maximum Gasteiger partial charge on any atom is 0.234 e. The highest BCUT2D eigenvalue weighted by molar-refractivity contribution is 5.34. The third-order valence-corrected chi connectivity index (χ3v) is 4.19. The molecule has 2 aromatic rings. The van der Waals surface area contributed by atoms with Crippen molar-refractivity contribution in [2.45, 2.75) is 39.8 Å². The molecule has 20 heavy (non-hydrogen) atoms. The Morgan fingerprint density at radius 1 is 1.40 bits per heavy atom. The van der Waals surface area contributed by atoms with Crippen molar-refractivity contribution in [2.75, 3.05) is 13.1 Å². The van der Waals surface area contributed by atoms with Crippen LogP contribution in [0.1, 0.15) is 30.4 Å². The van der Waals surface area contributed by atoms with Crippen LogP contribution in [0.4, 0.5) is 0 Å². The van der Waals surface area contributed by atoms with Crippen molar-refractivity contribution in [1.29, 1.82) is 0 Å². The molecule has 0 aromatic carbocycles. The highest BCUT2D eigenvalue weighted by Crippen LogP contribution is 2.21. The third kappa shape index (κ3) is 2.55. The standard InChI is InChI=1S/C15H22N4O/c1-10-6-11(2)19-9-14(17-15(19)16-10)8-18-5-4-13(7-18)12(3)20/h6,9,12-13,20H,4-5,7-8H2,1-3H3. The van der Waals surface area contributed by atoms with E-state index in [1.54, 1.807) is 0 Å². The fourth-order valence-electron chi connectivity index (χ4n) is 3.02. The summed E-state index contributed by atoms with van der Waals surface area (Å²) in [6.45, 7) is 8.79. The minimum Gasteiger partial charge on any atom is -0.393 e. The van der Waals surface area contributed by atoms with Crippen molar-refractivity contribution in [1.82, 2.24) is 19.3 Å². The lowest BCUT2D eigenvalue weighted by Crippen LogP contribution is -2.24. The lowest BCUT2D eigenvalue weighted by molar-refractivity contribution is 0.127. The van der Waals surface area contributed by atoms with Gasteiger partial charge in [-0.3, -0.25) is 9.30 Å². The Morgan fingerprint density at radius 2 is 2.20 bits per heavy atom. The minimum absolute atomic E-state index is 0.215. The van der Waals surface area contributed by atoms with Crippen molar-refractivity contribution >= 4 is 5.78 Å². The molecule has 0 spiro atoms. The highest BCUT2D eigenvalue weighted by atomic mass is 16.3. The summed E-state index contributed by atoms with van der Waals surface area (Å²) < 4.78 is 2.05. The van der Waals surface area contributed by atoms with Crippen LogP contribution in [-0.4, -0.2) is 43.6 Å². The van der Waals surface area contributed by atoms with Crippen LogP contribution in [0.3, 0.4) is 0 Å². The molecule has 1 fully saturated rings. The first-order chi connectivity index (χ1) is 9.52. The van der Waals surface area contributed by atoms with Gasteiger partial charge in [-0.05, 0) is 45.7 Å². The van der Waals surface area contributed by atoms with Crippen LogP contribution in [0.15, 0.2) is 12.3 Å². The molecule has 1 aliphatic heterocycles. The normalized spacial score (nSPS) is 21.7. The number of imidazole rings is 1. The zero-order valence-corrected chi connectivity index (χ0v) is 12.4. The van der Waals surface area contributed by atoms with Gasteiger partial charge in [0.25, 0.3) is 0 Å². The summed E-state index contributed by atoms with van der Waals surface area (Å²) in [7, 11) is 0. The summed E-state index contributed by atoms with van der Waals surface area (Å²) >= 11 is 0. The van der Waals surface area contributed by atoms with Gasteiger partial charge in [-0.2, -0.15) is 0 Å². The number of fused-ring (bicyclic) bond motifs is 1. The number of hydrogen-bond acceptors (Lipinski definition) is 4. The van der Waals surface area contributed by atoms with E-state index in [0.717, 1.165) is 48.9 Å². The molecule has 5 nitrogen and oxygen atoms in total. The number of aliphatic hydroxyl groups excluding tert-OH is 1. The van der Waals surface area contributed by atoms with Gasteiger partial charge in [-0.1, -0.05) is 0 Å². The van der Waals surface area contributed by atoms with Gasteiger partial charge in [0.05, 0.1) is 11.8 Å². The molecule has 1 N–H and O–H groups in total. The molecule has 2 unspecified atom stereocenters. The molecule has 0 radical (unpaired) electrons. The third-order valence-electron chi connectivity index (χ3n) is 4.19. The molecule has 2 atom stereocenters. The van der Waals surface area contributed by atoms with Gasteiger partial charge in [0.2, 0.25) is 5.78 Å². The second kappa shape index (κ2) is 5.14. The molecular formula is C15H22N4O. The maximum atomic E-state index is 9.66. The Balaban J connectivity index is 1.77. The molecule has 2 aromatic heterocycles. The van der Waals surface area contributed by atoms with E-state index in [0.29, 0.717) is 5.92 Å². The zero-order chi connectivity index (χ0) is 14.3. The van der Waals surface area contributed by atoms with Crippen LogP contribution < -0.4 is 0 Å². The number of nitrogens with zero attached hydrogens (tertiary/aromatic N) is 4. The lowest BCUT2D eigenvalue weighted by atomic mass is 10.0. The SMILES string of the molecule is Cc1cc(C)n2cc(CN3CCC(C(C)O)C3)nc2n1. The van der Waals surface area contributed by atoms with Crippen LogP contribution >= 0.6 is 0 Å². The van der Waals surface area contributed by atoms with Gasteiger partial charge >= 0.3 is 0 Å². The molecule has 5 heteroatoms. The van der Waals surface area contributed by atoms with Crippen LogP contribution in [0.25, 0.3) is 5.78 Å². The number of aromatic nitrogens is 3. The summed E-state index contributed by atoms with van der Waals surface area (Å²) in [5.41, 5.74) is 3.22. The zero-order valence-electron chi connectivity index (χ0n) is 12.4. The largest absolute Gasteiger partial charge is 0.393 e. The van der Waals surface area contributed by atoms with Crippen molar-refractivity contribution in [3.05, 3.63) is 29.3 Å². The average Bonchev–Trinajstić information content (AvgIpc) is 2.96. The first-order valence-electron chi connectivity index (χ1n) is 7.25. The quantitative estimate of drug-likeness (QED) is 0.922. The van der Waals surface area contributed by atoms with Crippen molar-refractivity contribution in [2.24, 2.45) is 5.92 Å². The molecular weight excluding hydrogens is 252 g/mol. The molecule has 0 amide bonds. The fourth-order valence-corrected chi connectivity index (χ4v) is 3.02. The van der Waals surface area contributed by atoms with Gasteiger partial charge in [0.1, 0.15) is 0 Å². The molecule has 3 rings (SSSR count). The lowest BCUT2D eigenvalue weighted by Gasteiger charge is -2.15. The summed E-state index contributed by atoms with van der Waals surface area (Å²) in [5.74, 6) is 1.18. The van der Waals surface area contributed by atoms with E-state index in [2.05, 4.69) is 34.1 Å². The number of rotatable bonds is 3. The first kappa shape index (κ1) is 13.5. The van der Waals surface area contributed by atoms with Gasteiger partial charge in [0, 0.05) is 30.7 Å². The van der Waals surface area contributed by atoms with E-state index in [9.17, 15) is 5.11 Å². The molecule has 0 aliphatic carbocycles. The van der Waals surface area contributed by atoms with Crippen molar-refractivity contribution in [3.8, 4) is 0 Å². The first-order valence-corrected chi connectivity index (χ1v) is 7.25. The second-order valence-corrected chi connectivity index (χ2v) is 5.97. The van der Waals surface area contributed by atoms with E-state index in [-0.39, 0.29) is 6.10 Å². The summed E-state index contributed by atoms with van der Waals surface area (Å²) in [6.07, 6.45) is 2.93. The monoisotopic (exact) mass is 274 g/mol. The van der Waals surface area contributed by atoms with E-state index in [4.69, 9.17) is 0 Å². The number of aliphatic hydroxyl groups is 1. The van der Waals surface area contributed by atoms with E-state index in [1.807, 2.05) is 18.2 Å². The van der Waals surface area contributed by atoms with E-state index < -0.39 is 0 Å². The second-order valence-electron chi connectivity index (χ2n) is 5.97. The van der Waals surface area contributed by atoms with Crippen LogP contribution in [0.2, 0.25) is 0 Å². The summed E-state index contributed by atoms with van der Waals surface area (Å²) in [5, 5.41) is 9.66. The van der Waals surface area contributed by atoms with Gasteiger partial charge in [-0.25, -0.2) is 9.97 Å². The van der Waals surface area contributed by atoms with Gasteiger partial charge in [-0.15, -0.1) is 0 Å². The van der Waals surface area contributed by atoms with Crippen molar-refractivity contribution < 1.29 is 5.11 Å². The maximum absolute atomic E-state index is 9.66. The average molecular weight is 274 g/mol. The Kier molecular flexibility index (Phi) is 3.48. The molecule has 0 bridgehead atoms. The van der Waals surface area contributed by atoms with Crippen LogP contribution in [-0.2, 0) is 6.54 Å². The molecule has 0 saturated carbocycles. The molecule has 108 valence electrons. The fraction of sp³-hybridized carbons (Fsp3) is 0.600. The Bertz CT molecular complexity index is 620. The summed E-state index contributed by atoms with van der Waals surface area (Å²) in [4.78, 5) is 11.4. The Morgan fingerprint density at radius 3 is 2.90 bits per heavy atom. The van der Waals surface area contributed by atoms with Gasteiger partial charge in [0.15, 0.2) is 0 Å². The Labute approximate surface area is 119 Å². The number of hydrogen-bond donors (Lipinski definition) is 1. The highest BCUT2D eigenvalue weighted by Gasteiger charge is 2.26. The predicted molar refractivity (Wildman–Crippen MR) is 77.5 cm³/mol. The molecule has 3 heterocycles. The summed E-state index contributed by atoms with van der Waals surface area (Å²) in [6, 6.07) is 2.07. The number of likely N-dealkylation sites (tertiary alicyclic amines) is 1. The van der Waals surface area contributed by atoms with Crippen LogP contribution in [0, 0.1) is 19.8 Å². The van der Waals surface area contributed by atoms with Crippen LogP contribution in [0.5, 0.6) is 0 Å². The number of aryl methyl sites for hydroxylation is 2. The molecule has 1 saturated heterocycles. The molecule has 1 aliphatic rings. The smallest absolute Gasteiger partial charge is 0.234 e. The van der Waals surface area contributed by atoms with E-state index in [1.165, 1.54) is 0 Å². The van der Waals surface area contributed by atoms with E-state index >= 15 is 0 Å². The topological polar surface area (TPSA) is 53.7 Å². The predicted octanol–water partition coefficient (Wildman–Crippen LogP) is 1.55. The van der Waals surface area contributed by atoms with Gasteiger partial charge < -0.3 is 5.11 Å². The Hall–Kier alpha value is -1.46. The minimum atomic E-state index is -0.215. The van der Waals surface area contributed by atoms with Crippen molar-refractivity contribution in [3.63, 3.8) is 0 Å².